The number of ether oxygens (including phenoxy) is 1. The van der Waals surface area contributed by atoms with Crippen molar-refractivity contribution in [3.8, 4) is 0 Å². The van der Waals surface area contributed by atoms with Crippen molar-refractivity contribution in [3.63, 3.8) is 0 Å². The Morgan fingerprint density at radius 3 is 2.75 bits per heavy atom. The molecule has 0 spiro atoms. The van der Waals surface area contributed by atoms with Crippen molar-refractivity contribution in [2.45, 2.75) is 39.0 Å². The van der Waals surface area contributed by atoms with Crippen LogP contribution in [0.15, 0.2) is 24.3 Å². The Morgan fingerprint density at radius 1 is 1.40 bits per heavy atom. The molecule has 110 valence electrons. The van der Waals surface area contributed by atoms with Crippen LogP contribution >= 0.6 is 0 Å². The SMILES string of the molecule is CCC1OCCC1C(=O)N(C)Cc1ccccc1CN. The standard InChI is InChI=1S/C16H24N2O2/c1-3-15-14(8-9-20-15)16(19)18(2)11-13-7-5-4-6-12(13)10-17/h4-7,14-15H,3,8-11,17H2,1-2H3. The minimum absolute atomic E-state index is 0.00930. The van der Waals surface area contributed by atoms with Gasteiger partial charge in [-0.3, -0.25) is 4.79 Å². The molecule has 1 fully saturated rings. The number of rotatable bonds is 5. The molecule has 1 aliphatic rings. The molecule has 1 heterocycles. The zero-order valence-corrected chi connectivity index (χ0v) is 12.3. The smallest absolute Gasteiger partial charge is 0.228 e. The first-order valence-corrected chi connectivity index (χ1v) is 7.30. The second-order valence-electron chi connectivity index (χ2n) is 5.38. The van der Waals surface area contributed by atoms with Crippen LogP contribution in [0.2, 0.25) is 0 Å². The molecule has 0 aliphatic carbocycles. The lowest BCUT2D eigenvalue weighted by molar-refractivity contribution is -0.136. The summed E-state index contributed by atoms with van der Waals surface area (Å²) in [5.74, 6) is 0.191. The number of amides is 1. The van der Waals surface area contributed by atoms with Gasteiger partial charge >= 0.3 is 0 Å². The summed E-state index contributed by atoms with van der Waals surface area (Å²) in [5, 5.41) is 0. The summed E-state index contributed by atoms with van der Waals surface area (Å²) in [6.45, 7) is 3.88. The van der Waals surface area contributed by atoms with Gasteiger partial charge in [0.1, 0.15) is 0 Å². The average molecular weight is 276 g/mol. The summed E-state index contributed by atoms with van der Waals surface area (Å²) in [4.78, 5) is 14.3. The van der Waals surface area contributed by atoms with E-state index in [0.717, 1.165) is 24.0 Å². The van der Waals surface area contributed by atoms with Crippen molar-refractivity contribution < 1.29 is 9.53 Å². The van der Waals surface area contributed by atoms with Gasteiger partial charge in [0.2, 0.25) is 5.91 Å². The van der Waals surface area contributed by atoms with Crippen LogP contribution in [-0.4, -0.2) is 30.6 Å². The topological polar surface area (TPSA) is 55.6 Å². The summed E-state index contributed by atoms with van der Waals surface area (Å²) in [6.07, 6.45) is 1.80. The number of nitrogens with zero attached hydrogens (tertiary/aromatic N) is 1. The predicted octanol–water partition coefficient (Wildman–Crippen LogP) is 1.92. The molecule has 2 rings (SSSR count). The van der Waals surface area contributed by atoms with E-state index in [1.165, 1.54) is 0 Å². The first-order chi connectivity index (χ1) is 9.67. The molecule has 0 saturated carbocycles. The molecule has 0 radical (unpaired) electrons. The van der Waals surface area contributed by atoms with Crippen molar-refractivity contribution in [2.24, 2.45) is 11.7 Å². The molecule has 4 heteroatoms. The fraction of sp³-hybridized carbons (Fsp3) is 0.562. The number of benzene rings is 1. The Morgan fingerprint density at radius 2 is 2.10 bits per heavy atom. The van der Waals surface area contributed by atoms with Gasteiger partial charge in [0, 0.05) is 26.7 Å². The van der Waals surface area contributed by atoms with Crippen molar-refractivity contribution in [1.29, 1.82) is 0 Å². The summed E-state index contributed by atoms with van der Waals surface area (Å²) < 4.78 is 5.61. The Hall–Kier alpha value is -1.39. The molecule has 1 aliphatic heterocycles. The molecule has 1 aromatic rings. The van der Waals surface area contributed by atoms with E-state index in [4.69, 9.17) is 10.5 Å². The second kappa shape index (κ2) is 6.86. The molecule has 2 N–H and O–H groups in total. The van der Waals surface area contributed by atoms with Gasteiger partial charge in [-0.1, -0.05) is 31.2 Å². The molecule has 1 saturated heterocycles. The van der Waals surface area contributed by atoms with Gasteiger partial charge in [-0.15, -0.1) is 0 Å². The van der Waals surface area contributed by atoms with Gasteiger partial charge in [0.15, 0.2) is 0 Å². The number of hydrogen-bond acceptors (Lipinski definition) is 3. The molecule has 2 atom stereocenters. The number of hydrogen-bond donors (Lipinski definition) is 1. The van der Waals surface area contributed by atoms with Crippen molar-refractivity contribution in [2.75, 3.05) is 13.7 Å². The second-order valence-corrected chi connectivity index (χ2v) is 5.38. The monoisotopic (exact) mass is 276 g/mol. The summed E-state index contributed by atoms with van der Waals surface area (Å²) in [6, 6.07) is 8.02. The van der Waals surface area contributed by atoms with Crippen LogP contribution in [0, 0.1) is 5.92 Å². The van der Waals surface area contributed by atoms with Gasteiger partial charge in [-0.2, -0.15) is 0 Å². The van der Waals surface area contributed by atoms with Crippen LogP contribution in [-0.2, 0) is 22.6 Å². The lowest BCUT2D eigenvalue weighted by atomic mass is 9.97. The molecular formula is C16H24N2O2. The van der Waals surface area contributed by atoms with Crippen molar-refractivity contribution >= 4 is 5.91 Å². The zero-order chi connectivity index (χ0) is 14.5. The molecule has 1 amide bonds. The van der Waals surface area contributed by atoms with Crippen LogP contribution < -0.4 is 5.73 Å². The highest BCUT2D eigenvalue weighted by Crippen LogP contribution is 2.25. The van der Waals surface area contributed by atoms with Gasteiger partial charge in [0.05, 0.1) is 12.0 Å². The molecule has 0 aromatic heterocycles. The zero-order valence-electron chi connectivity index (χ0n) is 12.3. The Kier molecular flexibility index (Phi) is 5.15. The highest BCUT2D eigenvalue weighted by molar-refractivity contribution is 5.79. The lowest BCUT2D eigenvalue weighted by Crippen LogP contribution is -2.36. The average Bonchev–Trinajstić information content (AvgIpc) is 2.95. The number of carbonyl (C=O) groups is 1. The Bertz CT molecular complexity index is 462. The van der Waals surface area contributed by atoms with Gasteiger partial charge < -0.3 is 15.4 Å². The summed E-state index contributed by atoms with van der Waals surface area (Å²) >= 11 is 0. The van der Waals surface area contributed by atoms with Gasteiger partial charge in [0.25, 0.3) is 0 Å². The van der Waals surface area contributed by atoms with Gasteiger partial charge in [-0.05, 0) is 24.0 Å². The normalized spacial score (nSPS) is 21.9. The first-order valence-electron chi connectivity index (χ1n) is 7.30. The number of carbonyl (C=O) groups excluding carboxylic acids is 1. The molecule has 2 unspecified atom stereocenters. The third kappa shape index (κ3) is 3.19. The molecule has 0 bridgehead atoms. The van der Waals surface area contributed by atoms with Crippen molar-refractivity contribution in [3.05, 3.63) is 35.4 Å². The molecular weight excluding hydrogens is 252 g/mol. The first kappa shape index (κ1) is 15.0. The van der Waals surface area contributed by atoms with Gasteiger partial charge in [-0.25, -0.2) is 0 Å². The lowest BCUT2D eigenvalue weighted by Gasteiger charge is -2.24. The molecule has 4 nitrogen and oxygen atoms in total. The number of nitrogens with two attached hydrogens (primary N) is 1. The highest BCUT2D eigenvalue weighted by atomic mass is 16.5. The molecule has 1 aromatic carbocycles. The minimum atomic E-state index is 0.00930. The summed E-state index contributed by atoms with van der Waals surface area (Å²) in [7, 11) is 1.86. The predicted molar refractivity (Wildman–Crippen MR) is 78.9 cm³/mol. The Labute approximate surface area is 120 Å². The van der Waals surface area contributed by atoms with E-state index in [2.05, 4.69) is 6.92 Å². The maximum absolute atomic E-state index is 12.5. The third-order valence-electron chi connectivity index (χ3n) is 4.05. The fourth-order valence-corrected chi connectivity index (χ4v) is 2.86. The van der Waals surface area contributed by atoms with Crippen LogP contribution in [0.25, 0.3) is 0 Å². The molecule has 20 heavy (non-hydrogen) atoms. The quantitative estimate of drug-likeness (QED) is 0.894. The highest BCUT2D eigenvalue weighted by Gasteiger charge is 2.34. The summed E-state index contributed by atoms with van der Waals surface area (Å²) in [5.41, 5.74) is 7.97. The van der Waals surface area contributed by atoms with E-state index < -0.39 is 0 Å². The van der Waals surface area contributed by atoms with Crippen LogP contribution in [0.1, 0.15) is 30.9 Å². The van der Waals surface area contributed by atoms with Crippen LogP contribution in [0.4, 0.5) is 0 Å². The van der Waals surface area contributed by atoms with E-state index in [1.807, 2.05) is 31.3 Å². The van der Waals surface area contributed by atoms with E-state index in [1.54, 1.807) is 4.90 Å². The van der Waals surface area contributed by atoms with E-state index in [9.17, 15) is 4.79 Å². The van der Waals surface area contributed by atoms with Crippen LogP contribution in [0.5, 0.6) is 0 Å². The van der Waals surface area contributed by atoms with E-state index in [-0.39, 0.29) is 17.9 Å². The van der Waals surface area contributed by atoms with E-state index >= 15 is 0 Å². The maximum Gasteiger partial charge on any atom is 0.228 e. The minimum Gasteiger partial charge on any atom is -0.377 e. The third-order valence-corrected chi connectivity index (χ3v) is 4.05. The fourth-order valence-electron chi connectivity index (χ4n) is 2.86. The largest absolute Gasteiger partial charge is 0.377 e. The maximum atomic E-state index is 12.5. The van der Waals surface area contributed by atoms with Crippen molar-refractivity contribution in [1.82, 2.24) is 4.90 Å². The Balaban J connectivity index is 2.04. The van der Waals surface area contributed by atoms with E-state index in [0.29, 0.717) is 19.7 Å². The van der Waals surface area contributed by atoms with Crippen LogP contribution in [0.3, 0.4) is 0 Å².